The summed E-state index contributed by atoms with van der Waals surface area (Å²) >= 11 is 0. The lowest BCUT2D eigenvalue weighted by atomic mass is 9.90. The average molecular weight is 283 g/mol. The van der Waals surface area contributed by atoms with Gasteiger partial charge in [-0.3, -0.25) is 4.99 Å². The third-order valence-corrected chi connectivity index (χ3v) is 3.62. The molecule has 0 aliphatic carbocycles. The van der Waals surface area contributed by atoms with Crippen LogP contribution in [0.5, 0.6) is 0 Å². The predicted molar refractivity (Wildman–Crippen MR) is 82.7 cm³/mol. The van der Waals surface area contributed by atoms with Crippen molar-refractivity contribution in [3.8, 4) is 0 Å². The summed E-state index contributed by atoms with van der Waals surface area (Å²) < 4.78 is 13.1. The van der Waals surface area contributed by atoms with E-state index in [1.54, 1.807) is 0 Å². The summed E-state index contributed by atoms with van der Waals surface area (Å²) in [6.07, 6.45) is 0.789. The van der Waals surface area contributed by atoms with Gasteiger partial charge in [0, 0.05) is 12.5 Å². The molecule has 2 aromatic carbocycles. The number of amidine groups is 1. The molecule has 2 aromatic rings. The number of hydrogen-bond acceptors (Lipinski definition) is 3. The minimum Gasteiger partial charge on any atom is -0.309 e. The first-order chi connectivity index (χ1) is 10.3. The molecule has 0 bridgehead atoms. The molecule has 0 saturated carbocycles. The molecule has 1 aliphatic rings. The van der Waals surface area contributed by atoms with Crippen molar-refractivity contribution in [3.63, 3.8) is 0 Å². The molecule has 1 heterocycles. The highest BCUT2D eigenvalue weighted by Crippen LogP contribution is 2.22. The average Bonchev–Trinajstić information content (AvgIpc) is 2.56. The lowest BCUT2D eigenvalue weighted by Gasteiger charge is -2.24. The molecule has 1 aliphatic heterocycles. The number of rotatable bonds is 4. The number of hydrogen-bond donors (Lipinski definition) is 2. The van der Waals surface area contributed by atoms with E-state index in [1.807, 2.05) is 30.3 Å². The van der Waals surface area contributed by atoms with Gasteiger partial charge in [-0.05, 0) is 29.7 Å². The van der Waals surface area contributed by atoms with Gasteiger partial charge >= 0.3 is 0 Å². The fraction of sp³-hybridized carbons (Fsp3) is 0.235. The summed E-state index contributed by atoms with van der Waals surface area (Å²) in [6.45, 7) is 1.61. The van der Waals surface area contributed by atoms with Crippen molar-refractivity contribution >= 4 is 5.84 Å². The van der Waals surface area contributed by atoms with E-state index in [2.05, 4.69) is 28.0 Å². The Morgan fingerprint density at radius 3 is 2.48 bits per heavy atom. The van der Waals surface area contributed by atoms with Crippen LogP contribution in [0, 0.1) is 5.82 Å². The second-order valence-corrected chi connectivity index (χ2v) is 5.11. The van der Waals surface area contributed by atoms with Crippen LogP contribution in [-0.2, 0) is 6.42 Å². The van der Waals surface area contributed by atoms with Crippen LogP contribution in [0.3, 0.4) is 0 Å². The van der Waals surface area contributed by atoms with Gasteiger partial charge in [0.2, 0.25) is 0 Å². The van der Waals surface area contributed by atoms with Crippen LogP contribution in [0.1, 0.15) is 17.0 Å². The third kappa shape index (κ3) is 3.47. The fourth-order valence-corrected chi connectivity index (χ4v) is 2.54. The summed E-state index contributed by atoms with van der Waals surface area (Å²) in [7, 11) is 0. The Labute approximate surface area is 123 Å². The van der Waals surface area contributed by atoms with Crippen LogP contribution in [0.2, 0.25) is 0 Å². The second-order valence-electron chi connectivity index (χ2n) is 5.11. The molecular formula is C17H18FN3. The van der Waals surface area contributed by atoms with Gasteiger partial charge < -0.3 is 5.43 Å². The summed E-state index contributed by atoms with van der Waals surface area (Å²) in [5.41, 5.74) is 8.62. The number of benzene rings is 2. The third-order valence-electron chi connectivity index (χ3n) is 3.62. The Balaban J connectivity index is 1.88. The second kappa shape index (κ2) is 6.50. The van der Waals surface area contributed by atoms with Gasteiger partial charge in [0.25, 0.3) is 0 Å². The Bertz CT molecular complexity index is 608. The summed E-state index contributed by atoms with van der Waals surface area (Å²) in [6, 6.07) is 17.0. The van der Waals surface area contributed by atoms with Crippen molar-refractivity contribution in [2.45, 2.75) is 12.3 Å². The quantitative estimate of drug-likeness (QED) is 0.905. The van der Waals surface area contributed by atoms with E-state index >= 15 is 0 Å². The molecule has 2 N–H and O–H groups in total. The highest BCUT2D eigenvalue weighted by atomic mass is 19.1. The van der Waals surface area contributed by atoms with Crippen molar-refractivity contribution in [1.29, 1.82) is 0 Å². The van der Waals surface area contributed by atoms with Gasteiger partial charge in [0.15, 0.2) is 0 Å². The Morgan fingerprint density at radius 1 is 1.05 bits per heavy atom. The Morgan fingerprint density at radius 2 is 1.81 bits per heavy atom. The lowest BCUT2D eigenvalue weighted by molar-refractivity contribution is 0.601. The van der Waals surface area contributed by atoms with Crippen LogP contribution >= 0.6 is 0 Å². The highest BCUT2D eigenvalue weighted by Gasteiger charge is 2.20. The first kappa shape index (κ1) is 13.8. The molecular weight excluding hydrogens is 265 g/mol. The lowest BCUT2D eigenvalue weighted by Crippen LogP contribution is -2.46. The highest BCUT2D eigenvalue weighted by molar-refractivity contribution is 5.89. The Hall–Kier alpha value is -2.20. The minimum atomic E-state index is -0.204. The topological polar surface area (TPSA) is 36.4 Å². The first-order valence-corrected chi connectivity index (χ1v) is 7.15. The maximum Gasteiger partial charge on any atom is 0.123 e. The molecule has 1 unspecified atom stereocenters. The van der Waals surface area contributed by atoms with Crippen LogP contribution in [0.15, 0.2) is 59.6 Å². The maximum atomic E-state index is 13.1. The summed E-state index contributed by atoms with van der Waals surface area (Å²) in [5, 5.41) is 0. The normalized spacial score (nSPS) is 16.0. The zero-order chi connectivity index (χ0) is 14.5. The van der Waals surface area contributed by atoms with Gasteiger partial charge in [-0.15, -0.1) is 0 Å². The summed E-state index contributed by atoms with van der Waals surface area (Å²) in [4.78, 5) is 4.59. The van der Waals surface area contributed by atoms with Crippen LogP contribution in [-0.4, -0.2) is 18.9 Å². The molecule has 21 heavy (non-hydrogen) atoms. The van der Waals surface area contributed by atoms with Gasteiger partial charge in [-0.1, -0.05) is 42.5 Å². The van der Waals surface area contributed by atoms with E-state index in [1.165, 1.54) is 17.7 Å². The van der Waals surface area contributed by atoms with Crippen molar-refractivity contribution in [2.24, 2.45) is 4.99 Å². The van der Waals surface area contributed by atoms with Crippen molar-refractivity contribution in [1.82, 2.24) is 10.9 Å². The molecule has 3 rings (SSSR count). The van der Waals surface area contributed by atoms with Crippen LogP contribution in [0.25, 0.3) is 0 Å². The number of nitrogens with one attached hydrogen (secondary N) is 2. The molecule has 1 atom stereocenters. The molecule has 108 valence electrons. The SMILES string of the molecule is Fc1ccc(CC(C2=NCCNN2)c2ccccc2)cc1. The zero-order valence-corrected chi connectivity index (χ0v) is 11.7. The molecule has 0 radical (unpaired) electrons. The van der Waals surface area contributed by atoms with E-state index in [9.17, 15) is 4.39 Å². The molecule has 0 spiro atoms. The monoisotopic (exact) mass is 283 g/mol. The number of nitrogens with zero attached hydrogens (tertiary/aromatic N) is 1. The number of halogens is 1. The van der Waals surface area contributed by atoms with Gasteiger partial charge in [-0.25, -0.2) is 9.82 Å². The zero-order valence-electron chi connectivity index (χ0n) is 11.7. The van der Waals surface area contributed by atoms with Gasteiger partial charge in [0.05, 0.1) is 6.54 Å². The van der Waals surface area contributed by atoms with Gasteiger partial charge in [0.1, 0.15) is 11.7 Å². The molecule has 3 nitrogen and oxygen atoms in total. The standard InChI is InChI=1S/C17H18FN3/c18-15-8-6-13(7-9-15)12-16(14-4-2-1-3-5-14)17-19-10-11-20-21-17/h1-9,16,20H,10-12H2,(H,19,21). The number of hydrazine groups is 1. The van der Waals surface area contributed by atoms with Crippen LogP contribution in [0.4, 0.5) is 4.39 Å². The summed E-state index contributed by atoms with van der Waals surface area (Å²) in [5.74, 6) is 0.881. The van der Waals surface area contributed by atoms with E-state index in [4.69, 9.17) is 0 Å². The van der Waals surface area contributed by atoms with Gasteiger partial charge in [-0.2, -0.15) is 0 Å². The van der Waals surface area contributed by atoms with Crippen LogP contribution < -0.4 is 10.9 Å². The number of aliphatic imine (C=N–C) groups is 1. The van der Waals surface area contributed by atoms with Crippen molar-refractivity contribution in [3.05, 3.63) is 71.5 Å². The maximum absolute atomic E-state index is 13.1. The van der Waals surface area contributed by atoms with Crippen molar-refractivity contribution < 1.29 is 4.39 Å². The largest absolute Gasteiger partial charge is 0.309 e. The molecule has 0 saturated heterocycles. The van der Waals surface area contributed by atoms with E-state index in [0.717, 1.165) is 30.9 Å². The van der Waals surface area contributed by atoms with E-state index in [0.29, 0.717) is 0 Å². The van der Waals surface area contributed by atoms with E-state index in [-0.39, 0.29) is 11.7 Å². The first-order valence-electron chi connectivity index (χ1n) is 7.15. The predicted octanol–water partition coefficient (Wildman–Crippen LogP) is 2.66. The fourth-order valence-electron chi connectivity index (χ4n) is 2.54. The smallest absolute Gasteiger partial charge is 0.123 e. The van der Waals surface area contributed by atoms with E-state index < -0.39 is 0 Å². The molecule has 0 amide bonds. The minimum absolute atomic E-state index is 0.143. The molecule has 0 aromatic heterocycles. The molecule has 0 fully saturated rings. The Kier molecular flexibility index (Phi) is 4.26. The van der Waals surface area contributed by atoms with Crippen molar-refractivity contribution in [2.75, 3.05) is 13.1 Å². The molecule has 4 heteroatoms.